The Morgan fingerprint density at radius 3 is 2.00 bits per heavy atom. The minimum absolute atomic E-state index is 0.202. The SMILES string of the molecule is CC[C@H](C)[C@H](NC(=O)[C@@H](NC(=O)[C@@H](N)CCCCN)C(C)C)C(=O)O. The van der Waals surface area contributed by atoms with Gasteiger partial charge in [0.1, 0.15) is 12.1 Å². The number of hydrogen-bond acceptors (Lipinski definition) is 5. The quantitative estimate of drug-likeness (QED) is 0.315. The highest BCUT2D eigenvalue weighted by Gasteiger charge is 2.31. The van der Waals surface area contributed by atoms with E-state index in [9.17, 15) is 19.5 Å². The summed E-state index contributed by atoms with van der Waals surface area (Å²) in [4.78, 5) is 36.1. The first-order valence-electron chi connectivity index (χ1n) is 8.94. The van der Waals surface area contributed by atoms with Crippen molar-refractivity contribution in [3.8, 4) is 0 Å². The summed E-state index contributed by atoms with van der Waals surface area (Å²) in [5, 5.41) is 14.5. The van der Waals surface area contributed by atoms with Crippen molar-refractivity contribution < 1.29 is 19.5 Å². The van der Waals surface area contributed by atoms with Crippen molar-refractivity contribution in [2.24, 2.45) is 23.3 Å². The number of nitrogens with two attached hydrogens (primary N) is 2. The zero-order chi connectivity index (χ0) is 19.6. The van der Waals surface area contributed by atoms with Crippen molar-refractivity contribution in [3.63, 3.8) is 0 Å². The normalized spacial score (nSPS) is 16.0. The summed E-state index contributed by atoms with van der Waals surface area (Å²) in [5.74, 6) is -2.43. The van der Waals surface area contributed by atoms with Crippen LogP contribution in [0.4, 0.5) is 0 Å². The van der Waals surface area contributed by atoms with Crippen LogP contribution in [0.5, 0.6) is 0 Å². The largest absolute Gasteiger partial charge is 0.480 e. The van der Waals surface area contributed by atoms with E-state index in [2.05, 4.69) is 10.6 Å². The Labute approximate surface area is 150 Å². The summed E-state index contributed by atoms with van der Waals surface area (Å²) in [6, 6.07) is -2.54. The maximum absolute atomic E-state index is 12.5. The Bertz CT molecular complexity index is 442. The molecule has 0 saturated heterocycles. The molecule has 0 aromatic rings. The third-order valence-electron chi connectivity index (χ3n) is 4.33. The van der Waals surface area contributed by atoms with Gasteiger partial charge in [0.25, 0.3) is 0 Å². The van der Waals surface area contributed by atoms with Gasteiger partial charge in [0.05, 0.1) is 6.04 Å². The van der Waals surface area contributed by atoms with E-state index < -0.39 is 35.9 Å². The average molecular weight is 358 g/mol. The maximum atomic E-state index is 12.5. The second kappa shape index (κ2) is 11.8. The molecule has 0 fully saturated rings. The highest BCUT2D eigenvalue weighted by molar-refractivity contribution is 5.92. The smallest absolute Gasteiger partial charge is 0.326 e. The fraction of sp³-hybridized carbons (Fsp3) is 0.824. The standard InChI is InChI=1S/C17H34N4O4/c1-5-11(4)14(17(24)25)21-16(23)13(10(2)3)20-15(22)12(19)8-6-7-9-18/h10-14H,5-9,18-19H2,1-4H3,(H,20,22)(H,21,23)(H,24,25)/t11-,12-,13-,14-/m0/s1. The van der Waals surface area contributed by atoms with Crippen LogP contribution >= 0.6 is 0 Å². The van der Waals surface area contributed by atoms with Crippen molar-refractivity contribution in [1.82, 2.24) is 10.6 Å². The molecule has 0 heterocycles. The second-order valence-corrected chi connectivity index (χ2v) is 6.83. The van der Waals surface area contributed by atoms with Crippen LogP contribution < -0.4 is 22.1 Å². The van der Waals surface area contributed by atoms with E-state index in [1.807, 2.05) is 6.92 Å². The Morgan fingerprint density at radius 2 is 1.56 bits per heavy atom. The second-order valence-electron chi connectivity index (χ2n) is 6.83. The molecule has 0 unspecified atom stereocenters. The van der Waals surface area contributed by atoms with Gasteiger partial charge in [0.2, 0.25) is 11.8 Å². The number of rotatable bonds is 12. The molecule has 0 aliphatic carbocycles. The van der Waals surface area contributed by atoms with Crippen LogP contribution in [0.15, 0.2) is 0 Å². The summed E-state index contributed by atoms with van der Waals surface area (Å²) >= 11 is 0. The number of carboxylic acids is 1. The predicted molar refractivity (Wildman–Crippen MR) is 96.7 cm³/mol. The van der Waals surface area contributed by atoms with Crippen LogP contribution in [0.2, 0.25) is 0 Å². The van der Waals surface area contributed by atoms with Crippen molar-refractivity contribution in [3.05, 3.63) is 0 Å². The zero-order valence-electron chi connectivity index (χ0n) is 15.7. The first-order valence-corrected chi connectivity index (χ1v) is 8.94. The Hall–Kier alpha value is -1.67. The fourth-order valence-corrected chi connectivity index (χ4v) is 2.36. The Balaban J connectivity index is 4.89. The molecule has 0 rings (SSSR count). The molecular weight excluding hydrogens is 324 g/mol. The minimum atomic E-state index is -1.09. The lowest BCUT2D eigenvalue weighted by atomic mass is 9.97. The summed E-state index contributed by atoms with van der Waals surface area (Å²) in [6.07, 6.45) is 2.62. The van der Waals surface area contributed by atoms with Crippen LogP contribution in [0, 0.1) is 11.8 Å². The fourth-order valence-electron chi connectivity index (χ4n) is 2.36. The number of carboxylic acid groups (broad SMARTS) is 1. The van der Waals surface area contributed by atoms with E-state index in [0.29, 0.717) is 19.4 Å². The van der Waals surface area contributed by atoms with E-state index in [0.717, 1.165) is 12.8 Å². The van der Waals surface area contributed by atoms with Crippen molar-refractivity contribution >= 4 is 17.8 Å². The number of nitrogens with one attached hydrogen (secondary N) is 2. The summed E-state index contributed by atoms with van der Waals surface area (Å²) in [7, 11) is 0. The van der Waals surface area contributed by atoms with Gasteiger partial charge in [-0.25, -0.2) is 4.79 Å². The van der Waals surface area contributed by atoms with Gasteiger partial charge in [-0.3, -0.25) is 9.59 Å². The lowest BCUT2D eigenvalue weighted by molar-refractivity contribution is -0.144. The van der Waals surface area contributed by atoms with Crippen molar-refractivity contribution in [2.75, 3.05) is 6.54 Å². The molecule has 2 amide bonds. The lowest BCUT2D eigenvalue weighted by Gasteiger charge is -2.27. The minimum Gasteiger partial charge on any atom is -0.480 e. The van der Waals surface area contributed by atoms with Gasteiger partial charge in [0.15, 0.2) is 0 Å². The third-order valence-corrected chi connectivity index (χ3v) is 4.33. The van der Waals surface area contributed by atoms with Gasteiger partial charge in [-0.15, -0.1) is 0 Å². The molecule has 8 heteroatoms. The molecule has 0 aliphatic rings. The van der Waals surface area contributed by atoms with Crippen LogP contribution in [0.1, 0.15) is 53.4 Å². The topological polar surface area (TPSA) is 148 Å². The van der Waals surface area contributed by atoms with Gasteiger partial charge in [-0.1, -0.05) is 40.5 Å². The molecule has 4 atom stereocenters. The molecule has 0 saturated carbocycles. The van der Waals surface area contributed by atoms with E-state index in [1.165, 1.54) is 0 Å². The van der Waals surface area contributed by atoms with E-state index in [4.69, 9.17) is 11.5 Å². The van der Waals surface area contributed by atoms with E-state index in [-0.39, 0.29) is 11.8 Å². The molecule has 0 bridgehead atoms. The summed E-state index contributed by atoms with van der Waals surface area (Å²) in [6.45, 7) is 7.72. The maximum Gasteiger partial charge on any atom is 0.326 e. The predicted octanol–water partition coefficient (Wildman–Crippen LogP) is 0.199. The molecule has 8 nitrogen and oxygen atoms in total. The monoisotopic (exact) mass is 358 g/mol. The van der Waals surface area contributed by atoms with Crippen molar-refractivity contribution in [2.45, 2.75) is 71.5 Å². The number of amides is 2. The molecule has 25 heavy (non-hydrogen) atoms. The van der Waals surface area contributed by atoms with Gasteiger partial charge >= 0.3 is 5.97 Å². The van der Waals surface area contributed by atoms with Crippen LogP contribution in [-0.2, 0) is 14.4 Å². The van der Waals surface area contributed by atoms with Crippen LogP contribution in [-0.4, -0.2) is 47.6 Å². The zero-order valence-corrected chi connectivity index (χ0v) is 15.7. The molecule has 0 spiro atoms. The molecule has 0 aliphatic heterocycles. The highest BCUT2D eigenvalue weighted by Crippen LogP contribution is 2.10. The van der Waals surface area contributed by atoms with Crippen LogP contribution in [0.3, 0.4) is 0 Å². The molecule has 0 aromatic heterocycles. The third kappa shape index (κ3) is 8.31. The van der Waals surface area contributed by atoms with Gasteiger partial charge < -0.3 is 27.2 Å². The molecule has 0 aromatic carbocycles. The number of carbonyl (C=O) groups is 3. The Kier molecular flexibility index (Phi) is 11.0. The lowest BCUT2D eigenvalue weighted by Crippen LogP contribution is -2.57. The average Bonchev–Trinajstić information content (AvgIpc) is 2.55. The summed E-state index contributed by atoms with van der Waals surface area (Å²) in [5.41, 5.74) is 11.3. The number of unbranched alkanes of at least 4 members (excludes halogenated alkanes) is 1. The van der Waals surface area contributed by atoms with E-state index in [1.54, 1.807) is 20.8 Å². The van der Waals surface area contributed by atoms with Crippen molar-refractivity contribution in [1.29, 1.82) is 0 Å². The number of aliphatic carboxylic acids is 1. The Morgan fingerprint density at radius 1 is 1.00 bits per heavy atom. The number of hydrogen-bond donors (Lipinski definition) is 5. The molecule has 146 valence electrons. The first kappa shape index (κ1) is 23.3. The first-order chi connectivity index (χ1) is 11.6. The van der Waals surface area contributed by atoms with Gasteiger partial charge in [-0.05, 0) is 31.2 Å². The number of carbonyl (C=O) groups excluding carboxylic acids is 2. The summed E-state index contributed by atoms with van der Waals surface area (Å²) < 4.78 is 0. The molecule has 7 N–H and O–H groups in total. The van der Waals surface area contributed by atoms with Crippen LogP contribution in [0.25, 0.3) is 0 Å². The molecular formula is C17H34N4O4. The molecule has 0 radical (unpaired) electrons. The van der Waals surface area contributed by atoms with Gasteiger partial charge in [-0.2, -0.15) is 0 Å². The van der Waals surface area contributed by atoms with Gasteiger partial charge in [0, 0.05) is 0 Å². The highest BCUT2D eigenvalue weighted by atomic mass is 16.4. The van der Waals surface area contributed by atoms with E-state index >= 15 is 0 Å².